The lowest BCUT2D eigenvalue weighted by molar-refractivity contribution is 0.0890. The molecule has 0 saturated heterocycles. The minimum atomic E-state index is -0.400. The normalized spacial score (nSPS) is 11.3. The first kappa shape index (κ1) is 17.9. The van der Waals surface area contributed by atoms with Crippen molar-refractivity contribution < 1.29 is 14.7 Å². The fourth-order valence-corrected chi connectivity index (χ4v) is 3.19. The van der Waals surface area contributed by atoms with Gasteiger partial charge in [0, 0.05) is 11.4 Å². The van der Waals surface area contributed by atoms with Gasteiger partial charge in [-0.3, -0.25) is 14.3 Å². The quantitative estimate of drug-likeness (QED) is 0.547. The largest absolute Gasteiger partial charge is 0.507 e. The summed E-state index contributed by atoms with van der Waals surface area (Å²) in [6.45, 7) is 7.57. The van der Waals surface area contributed by atoms with Crippen LogP contribution >= 0.6 is 0 Å². The maximum absolute atomic E-state index is 12.8. The number of ketones is 2. The van der Waals surface area contributed by atoms with Gasteiger partial charge in [0.1, 0.15) is 11.4 Å². The number of hydrogen-bond donors (Lipinski definition) is 1. The molecule has 134 valence electrons. The fraction of sp³-hybridized carbons (Fsp3) is 0.286. The summed E-state index contributed by atoms with van der Waals surface area (Å²) in [7, 11) is 0. The summed E-state index contributed by atoms with van der Waals surface area (Å²) in [5, 5.41) is 15.4. The molecule has 0 saturated carbocycles. The number of para-hydroxylation sites is 1. The summed E-state index contributed by atoms with van der Waals surface area (Å²) in [6.07, 6.45) is -0.324. The number of fused-ring (bicyclic) bond motifs is 1. The second kappa shape index (κ2) is 6.75. The number of Topliss-reactive ketones (excluding diaryl/α,β-unsaturated/α-hetero) is 2. The highest BCUT2D eigenvalue weighted by Crippen LogP contribution is 2.27. The van der Waals surface area contributed by atoms with Crippen LogP contribution in [0.3, 0.4) is 0 Å². The predicted octanol–water partition coefficient (Wildman–Crippen LogP) is 4.40. The summed E-state index contributed by atoms with van der Waals surface area (Å²) >= 11 is 0. The molecule has 3 aromatic rings. The van der Waals surface area contributed by atoms with Crippen LogP contribution in [0, 0.1) is 13.8 Å². The number of aryl methyl sites for hydroxylation is 2. The van der Waals surface area contributed by atoms with E-state index in [2.05, 4.69) is 5.10 Å². The SMILES string of the molecule is Cc1cc(C)c(O)c(C(=O)CC(=O)c2nn(C(C)C)c3ccccc23)c1. The lowest BCUT2D eigenvalue weighted by Gasteiger charge is -2.08. The van der Waals surface area contributed by atoms with Crippen LogP contribution in [-0.4, -0.2) is 26.5 Å². The summed E-state index contributed by atoms with van der Waals surface area (Å²) in [4.78, 5) is 25.4. The number of benzene rings is 2. The highest BCUT2D eigenvalue weighted by molar-refractivity contribution is 6.17. The van der Waals surface area contributed by atoms with Gasteiger partial charge in [-0.2, -0.15) is 5.10 Å². The van der Waals surface area contributed by atoms with E-state index >= 15 is 0 Å². The molecule has 0 fully saturated rings. The third-order valence-corrected chi connectivity index (χ3v) is 4.43. The van der Waals surface area contributed by atoms with E-state index in [0.29, 0.717) is 11.3 Å². The molecule has 2 aromatic carbocycles. The van der Waals surface area contributed by atoms with Crippen LogP contribution < -0.4 is 0 Å². The molecule has 0 aliphatic heterocycles. The number of hydrogen-bond acceptors (Lipinski definition) is 4. The third kappa shape index (κ3) is 3.12. The number of carbonyl (C=O) groups is 2. The number of carbonyl (C=O) groups excluding carboxylic acids is 2. The lowest BCUT2D eigenvalue weighted by Crippen LogP contribution is -2.11. The minimum absolute atomic E-state index is 0.0639. The summed E-state index contributed by atoms with van der Waals surface area (Å²) < 4.78 is 1.79. The number of phenolic OH excluding ortho intramolecular Hbond substituents is 1. The molecule has 1 heterocycles. The van der Waals surface area contributed by atoms with Crippen LogP contribution in [-0.2, 0) is 0 Å². The molecule has 0 aliphatic carbocycles. The zero-order valence-electron chi connectivity index (χ0n) is 15.4. The first-order valence-corrected chi connectivity index (χ1v) is 8.63. The van der Waals surface area contributed by atoms with Gasteiger partial charge < -0.3 is 5.11 Å². The number of aromatic hydroxyl groups is 1. The van der Waals surface area contributed by atoms with Crippen LogP contribution in [0.15, 0.2) is 36.4 Å². The van der Waals surface area contributed by atoms with Crippen molar-refractivity contribution >= 4 is 22.5 Å². The molecule has 0 bridgehead atoms. The van der Waals surface area contributed by atoms with Crippen molar-refractivity contribution in [3.63, 3.8) is 0 Å². The average Bonchev–Trinajstić information content (AvgIpc) is 2.98. The second-order valence-electron chi connectivity index (χ2n) is 6.91. The van der Waals surface area contributed by atoms with E-state index in [1.807, 2.05) is 45.0 Å². The number of nitrogens with zero attached hydrogens (tertiary/aromatic N) is 2. The standard InChI is InChI=1S/C21H22N2O3/c1-12(2)23-17-8-6-5-7-15(17)20(22-23)19(25)11-18(24)16-10-13(3)9-14(4)21(16)26/h5-10,12,26H,11H2,1-4H3. The topological polar surface area (TPSA) is 72.2 Å². The predicted molar refractivity (Wildman–Crippen MR) is 101 cm³/mol. The molecule has 0 spiro atoms. The van der Waals surface area contributed by atoms with Crippen molar-refractivity contribution in [1.82, 2.24) is 9.78 Å². The van der Waals surface area contributed by atoms with Crippen LogP contribution in [0.25, 0.3) is 10.9 Å². The van der Waals surface area contributed by atoms with Crippen molar-refractivity contribution in [2.75, 3.05) is 0 Å². The summed E-state index contributed by atoms with van der Waals surface area (Å²) in [5.74, 6) is -0.808. The van der Waals surface area contributed by atoms with E-state index in [4.69, 9.17) is 0 Å². The third-order valence-electron chi connectivity index (χ3n) is 4.43. The van der Waals surface area contributed by atoms with Crippen LogP contribution in [0.4, 0.5) is 0 Å². The van der Waals surface area contributed by atoms with Crippen molar-refractivity contribution in [1.29, 1.82) is 0 Å². The highest BCUT2D eigenvalue weighted by Gasteiger charge is 2.23. The van der Waals surface area contributed by atoms with Crippen molar-refractivity contribution in [2.45, 2.75) is 40.2 Å². The molecule has 0 unspecified atom stereocenters. The summed E-state index contributed by atoms with van der Waals surface area (Å²) in [6, 6.07) is 11.0. The van der Waals surface area contributed by atoms with E-state index < -0.39 is 5.78 Å². The van der Waals surface area contributed by atoms with E-state index in [0.717, 1.165) is 16.5 Å². The van der Waals surface area contributed by atoms with E-state index in [-0.39, 0.29) is 29.6 Å². The number of phenols is 1. The maximum atomic E-state index is 12.8. The van der Waals surface area contributed by atoms with Gasteiger partial charge in [0.05, 0.1) is 17.5 Å². The zero-order valence-corrected chi connectivity index (χ0v) is 15.4. The summed E-state index contributed by atoms with van der Waals surface area (Å²) in [5.41, 5.74) is 2.84. The first-order chi connectivity index (χ1) is 12.3. The van der Waals surface area contributed by atoms with Gasteiger partial charge in [-0.1, -0.05) is 24.3 Å². The van der Waals surface area contributed by atoms with Crippen molar-refractivity contribution in [3.8, 4) is 5.75 Å². The first-order valence-electron chi connectivity index (χ1n) is 8.63. The molecule has 26 heavy (non-hydrogen) atoms. The Balaban J connectivity index is 1.97. The Kier molecular flexibility index (Phi) is 4.64. The van der Waals surface area contributed by atoms with E-state index in [1.165, 1.54) is 0 Å². The number of rotatable bonds is 5. The molecule has 0 atom stereocenters. The highest BCUT2D eigenvalue weighted by atomic mass is 16.3. The van der Waals surface area contributed by atoms with Gasteiger partial charge in [-0.15, -0.1) is 0 Å². The monoisotopic (exact) mass is 350 g/mol. The Labute approximate surface area is 152 Å². The molecule has 1 aromatic heterocycles. The van der Waals surface area contributed by atoms with Crippen LogP contribution in [0.5, 0.6) is 5.75 Å². The van der Waals surface area contributed by atoms with Gasteiger partial charge in [0.15, 0.2) is 11.6 Å². The van der Waals surface area contributed by atoms with Crippen molar-refractivity contribution in [2.24, 2.45) is 0 Å². The Morgan fingerprint density at radius 1 is 1.12 bits per heavy atom. The maximum Gasteiger partial charge on any atom is 0.191 e. The van der Waals surface area contributed by atoms with Gasteiger partial charge in [0.25, 0.3) is 0 Å². The van der Waals surface area contributed by atoms with Crippen LogP contribution in [0.1, 0.15) is 58.3 Å². The average molecular weight is 350 g/mol. The molecular formula is C21H22N2O3. The second-order valence-corrected chi connectivity index (χ2v) is 6.91. The Hall–Kier alpha value is -2.95. The molecule has 3 rings (SSSR count). The molecule has 0 amide bonds. The Morgan fingerprint density at radius 2 is 1.81 bits per heavy atom. The van der Waals surface area contributed by atoms with E-state index in [9.17, 15) is 14.7 Å². The van der Waals surface area contributed by atoms with Gasteiger partial charge >= 0.3 is 0 Å². The molecule has 1 N–H and O–H groups in total. The minimum Gasteiger partial charge on any atom is -0.507 e. The smallest absolute Gasteiger partial charge is 0.191 e. The Bertz CT molecular complexity index is 1020. The molecule has 0 aliphatic rings. The molecular weight excluding hydrogens is 328 g/mol. The van der Waals surface area contributed by atoms with Gasteiger partial charge in [-0.05, 0) is 51.0 Å². The molecule has 5 nitrogen and oxygen atoms in total. The Morgan fingerprint density at radius 3 is 2.50 bits per heavy atom. The van der Waals surface area contributed by atoms with Gasteiger partial charge in [0.2, 0.25) is 0 Å². The van der Waals surface area contributed by atoms with Crippen molar-refractivity contribution in [3.05, 3.63) is 58.8 Å². The van der Waals surface area contributed by atoms with E-state index in [1.54, 1.807) is 23.7 Å². The van der Waals surface area contributed by atoms with Crippen LogP contribution in [0.2, 0.25) is 0 Å². The molecule has 0 radical (unpaired) electrons. The van der Waals surface area contributed by atoms with Gasteiger partial charge in [-0.25, -0.2) is 0 Å². The lowest BCUT2D eigenvalue weighted by atomic mass is 9.98. The number of aromatic nitrogens is 2. The zero-order chi connectivity index (χ0) is 19.0. The fourth-order valence-electron chi connectivity index (χ4n) is 3.19. The molecule has 5 heteroatoms.